The number of piperidine rings is 1. The topological polar surface area (TPSA) is 137 Å². The van der Waals surface area contributed by atoms with E-state index in [1.807, 2.05) is 6.92 Å². The van der Waals surface area contributed by atoms with E-state index in [0.717, 1.165) is 19.3 Å². The normalized spacial score (nSPS) is 21.4. The summed E-state index contributed by atoms with van der Waals surface area (Å²) in [7, 11) is -3.80. The molecule has 1 aliphatic rings. The second-order valence-electron chi connectivity index (χ2n) is 5.67. The highest BCUT2D eigenvalue weighted by molar-refractivity contribution is 7.89. The van der Waals surface area contributed by atoms with E-state index in [2.05, 4.69) is 25.0 Å². The number of aromatic nitrogens is 3. The van der Waals surface area contributed by atoms with Crippen LogP contribution in [0.2, 0.25) is 0 Å². The molecule has 0 saturated carbocycles. The lowest BCUT2D eigenvalue weighted by molar-refractivity contribution is 0.328. The summed E-state index contributed by atoms with van der Waals surface area (Å²) in [5.74, 6) is 0.159. The molecule has 4 N–H and O–H groups in total. The quantitative estimate of drug-likeness (QED) is 0.560. The molecule has 11 heteroatoms. The van der Waals surface area contributed by atoms with E-state index in [1.54, 1.807) is 0 Å². The van der Waals surface area contributed by atoms with E-state index in [4.69, 9.17) is 0 Å². The van der Waals surface area contributed by atoms with Gasteiger partial charge in [0.05, 0.1) is 5.39 Å². The van der Waals surface area contributed by atoms with Gasteiger partial charge in [0.25, 0.3) is 5.56 Å². The van der Waals surface area contributed by atoms with Gasteiger partial charge in [-0.05, 0) is 31.5 Å². The largest absolute Gasteiger partial charge is 0.327 e. The first-order chi connectivity index (χ1) is 10.9. The summed E-state index contributed by atoms with van der Waals surface area (Å²) in [4.78, 5) is 31.2. The first kappa shape index (κ1) is 18.6. The maximum absolute atomic E-state index is 12.5. The molecule has 3 rings (SSSR count). The summed E-state index contributed by atoms with van der Waals surface area (Å²) in [6.45, 7) is 3.45. The van der Waals surface area contributed by atoms with Gasteiger partial charge < -0.3 is 5.32 Å². The molecule has 0 spiro atoms. The molecule has 9 nitrogen and oxygen atoms in total. The van der Waals surface area contributed by atoms with Crippen molar-refractivity contribution in [2.75, 3.05) is 13.1 Å². The van der Waals surface area contributed by atoms with E-state index < -0.39 is 21.3 Å². The van der Waals surface area contributed by atoms with Crippen molar-refractivity contribution in [1.29, 1.82) is 0 Å². The summed E-state index contributed by atoms with van der Waals surface area (Å²) < 4.78 is 27.7. The van der Waals surface area contributed by atoms with Gasteiger partial charge in [0.2, 0.25) is 10.0 Å². The molecule has 1 saturated heterocycles. The van der Waals surface area contributed by atoms with Crippen LogP contribution in [0.25, 0.3) is 11.0 Å². The molecule has 3 heterocycles. The molecule has 1 aliphatic heterocycles. The van der Waals surface area contributed by atoms with Gasteiger partial charge in [-0.2, -0.15) is 0 Å². The number of rotatable bonds is 3. The monoisotopic (exact) mass is 375 g/mol. The number of nitrogens with zero attached hydrogens (tertiary/aromatic N) is 1. The fraction of sp³-hybridized carbons (Fsp3) is 0.462. The van der Waals surface area contributed by atoms with Gasteiger partial charge in [-0.15, -0.1) is 12.4 Å². The van der Waals surface area contributed by atoms with Crippen molar-refractivity contribution < 1.29 is 8.42 Å². The minimum Gasteiger partial charge on any atom is -0.316 e. The number of nitrogens with one attached hydrogen (secondary N) is 4. The Morgan fingerprint density at radius 1 is 1.29 bits per heavy atom. The molecule has 2 unspecified atom stereocenters. The first-order valence-corrected chi connectivity index (χ1v) is 8.70. The number of fused-ring (bicyclic) bond motifs is 1. The fourth-order valence-electron chi connectivity index (χ4n) is 2.63. The third-order valence-electron chi connectivity index (χ3n) is 3.97. The van der Waals surface area contributed by atoms with Crippen molar-refractivity contribution in [3.63, 3.8) is 0 Å². The van der Waals surface area contributed by atoms with Crippen molar-refractivity contribution in [1.82, 2.24) is 25.0 Å². The predicted molar refractivity (Wildman–Crippen MR) is 91.0 cm³/mol. The highest BCUT2D eigenvalue weighted by Crippen LogP contribution is 2.16. The van der Waals surface area contributed by atoms with Crippen LogP contribution in [0, 0.1) is 5.92 Å². The van der Waals surface area contributed by atoms with E-state index in [1.165, 1.54) is 6.07 Å². The maximum Gasteiger partial charge on any atom is 0.327 e. The molecule has 0 aromatic carbocycles. The Morgan fingerprint density at radius 2 is 2.04 bits per heavy atom. The van der Waals surface area contributed by atoms with Crippen LogP contribution in [0.4, 0.5) is 0 Å². The SMILES string of the molecule is CC1CNCCC1NS(=O)(=O)c1cnc2[nH]c(=O)[nH]c(=O)c2c1.Cl. The Bertz CT molecular complexity index is 955. The average Bonchev–Trinajstić information content (AvgIpc) is 2.49. The number of H-pyrrole nitrogens is 2. The molecule has 0 radical (unpaired) electrons. The van der Waals surface area contributed by atoms with E-state index in [0.29, 0.717) is 6.42 Å². The van der Waals surface area contributed by atoms with Crippen molar-refractivity contribution in [3.8, 4) is 0 Å². The van der Waals surface area contributed by atoms with Crippen LogP contribution in [0.1, 0.15) is 13.3 Å². The number of pyridine rings is 1. The van der Waals surface area contributed by atoms with Gasteiger partial charge in [-0.3, -0.25) is 14.8 Å². The van der Waals surface area contributed by atoms with Crippen LogP contribution in [-0.2, 0) is 10.0 Å². The number of halogens is 1. The molecule has 2 aromatic heterocycles. The highest BCUT2D eigenvalue weighted by atomic mass is 35.5. The Morgan fingerprint density at radius 3 is 2.75 bits per heavy atom. The minimum atomic E-state index is -3.80. The molecule has 0 aliphatic carbocycles. The number of hydrogen-bond acceptors (Lipinski definition) is 6. The van der Waals surface area contributed by atoms with E-state index in [-0.39, 0.29) is 40.3 Å². The van der Waals surface area contributed by atoms with Crippen molar-refractivity contribution >= 4 is 33.5 Å². The van der Waals surface area contributed by atoms with Gasteiger partial charge in [-0.1, -0.05) is 6.92 Å². The first-order valence-electron chi connectivity index (χ1n) is 7.22. The minimum absolute atomic E-state index is 0. The van der Waals surface area contributed by atoms with Crippen LogP contribution in [0.15, 0.2) is 26.7 Å². The summed E-state index contributed by atoms with van der Waals surface area (Å²) in [5, 5.41) is 3.22. The zero-order valence-corrected chi connectivity index (χ0v) is 14.5. The second-order valence-corrected chi connectivity index (χ2v) is 7.39. The lowest BCUT2D eigenvalue weighted by Gasteiger charge is -2.29. The third-order valence-corrected chi connectivity index (χ3v) is 5.43. The standard InChI is InChI=1S/C13H17N5O4S.ClH/c1-7-5-14-3-2-10(7)18-23(21,22)8-4-9-11(15-6-8)16-13(20)17-12(9)19;/h4,6-7,10,14,18H,2-3,5H2,1H3,(H2,15,16,17,19,20);1H. The third kappa shape index (κ3) is 3.66. The van der Waals surface area contributed by atoms with Crippen LogP contribution in [0.5, 0.6) is 0 Å². The van der Waals surface area contributed by atoms with Crippen LogP contribution < -0.4 is 21.3 Å². The Kier molecular flexibility index (Phi) is 5.43. The molecule has 2 aromatic rings. The lowest BCUT2D eigenvalue weighted by Crippen LogP contribution is -2.48. The molecule has 2 atom stereocenters. The zero-order valence-electron chi connectivity index (χ0n) is 12.8. The Labute approximate surface area is 143 Å². The lowest BCUT2D eigenvalue weighted by atomic mass is 9.97. The zero-order chi connectivity index (χ0) is 16.6. The Balaban J connectivity index is 0.00000208. The molecular formula is C13H18ClN5O4S. The molecule has 0 bridgehead atoms. The average molecular weight is 376 g/mol. The molecule has 24 heavy (non-hydrogen) atoms. The van der Waals surface area contributed by atoms with Crippen LogP contribution in [0.3, 0.4) is 0 Å². The van der Waals surface area contributed by atoms with E-state index >= 15 is 0 Å². The van der Waals surface area contributed by atoms with Gasteiger partial charge in [-0.25, -0.2) is 22.9 Å². The summed E-state index contributed by atoms with van der Waals surface area (Å²) in [6.07, 6.45) is 1.82. The number of aromatic amines is 2. The van der Waals surface area contributed by atoms with Crippen LogP contribution >= 0.6 is 12.4 Å². The second kappa shape index (κ2) is 7.01. The summed E-state index contributed by atoms with van der Waals surface area (Å²) >= 11 is 0. The van der Waals surface area contributed by atoms with Crippen molar-refractivity contribution in [3.05, 3.63) is 33.1 Å². The summed E-state index contributed by atoms with van der Waals surface area (Å²) in [5.41, 5.74) is -1.32. The molecule has 1 fully saturated rings. The van der Waals surface area contributed by atoms with Gasteiger partial charge in [0, 0.05) is 12.2 Å². The number of hydrogen-bond donors (Lipinski definition) is 4. The van der Waals surface area contributed by atoms with Gasteiger partial charge in [0.1, 0.15) is 10.5 Å². The smallest absolute Gasteiger partial charge is 0.316 e. The van der Waals surface area contributed by atoms with E-state index in [9.17, 15) is 18.0 Å². The molecule has 132 valence electrons. The van der Waals surface area contributed by atoms with Gasteiger partial charge >= 0.3 is 5.69 Å². The predicted octanol–water partition coefficient (Wildman–Crippen LogP) is -0.690. The fourth-order valence-corrected chi connectivity index (χ4v) is 3.98. The highest BCUT2D eigenvalue weighted by Gasteiger charge is 2.27. The van der Waals surface area contributed by atoms with Gasteiger partial charge in [0.15, 0.2) is 0 Å². The summed E-state index contributed by atoms with van der Waals surface area (Å²) in [6, 6.07) is 1.04. The molecule has 0 amide bonds. The number of sulfonamides is 1. The van der Waals surface area contributed by atoms with Crippen molar-refractivity contribution in [2.45, 2.75) is 24.3 Å². The molecular weight excluding hydrogens is 358 g/mol. The maximum atomic E-state index is 12.5. The van der Waals surface area contributed by atoms with Crippen LogP contribution in [-0.4, -0.2) is 42.5 Å². The Hall–Kier alpha value is -1.75. The van der Waals surface area contributed by atoms with Crippen molar-refractivity contribution in [2.24, 2.45) is 5.92 Å².